The lowest BCUT2D eigenvalue weighted by atomic mass is 10.1. The molecule has 0 aromatic rings. The van der Waals surface area contributed by atoms with Crippen molar-refractivity contribution < 1.29 is 14.9 Å². The van der Waals surface area contributed by atoms with E-state index in [0.717, 1.165) is 25.9 Å². The number of aliphatic hydroxyl groups is 2. The molecule has 1 aliphatic rings. The molecule has 0 saturated carbocycles. The van der Waals surface area contributed by atoms with Gasteiger partial charge in [-0.1, -0.05) is 0 Å². The van der Waals surface area contributed by atoms with E-state index in [1.54, 1.807) is 0 Å². The van der Waals surface area contributed by atoms with Gasteiger partial charge in [0, 0.05) is 19.6 Å². The van der Waals surface area contributed by atoms with Gasteiger partial charge in [-0.25, -0.2) is 0 Å². The molecule has 0 amide bonds. The number of rotatable bonds is 5. The second kappa shape index (κ2) is 6.43. The van der Waals surface area contributed by atoms with Crippen LogP contribution < -0.4 is 0 Å². The van der Waals surface area contributed by atoms with Gasteiger partial charge in [-0.3, -0.25) is 0 Å². The molecule has 1 saturated heterocycles. The van der Waals surface area contributed by atoms with Crippen molar-refractivity contribution in [2.75, 3.05) is 26.2 Å². The standard InChI is InChI=1S/C11H23NO3/c1-9(2)15-8-11(14)7-12-5-3-10(13)4-6-12/h9-11,13-14H,3-8H2,1-2H3. The van der Waals surface area contributed by atoms with E-state index < -0.39 is 6.10 Å². The van der Waals surface area contributed by atoms with Gasteiger partial charge in [0.1, 0.15) is 0 Å². The Morgan fingerprint density at radius 3 is 2.47 bits per heavy atom. The molecule has 0 aliphatic carbocycles. The van der Waals surface area contributed by atoms with Crippen molar-refractivity contribution in [1.82, 2.24) is 4.90 Å². The van der Waals surface area contributed by atoms with Crippen LogP contribution in [0.3, 0.4) is 0 Å². The Hall–Kier alpha value is -0.160. The minimum absolute atomic E-state index is 0.148. The van der Waals surface area contributed by atoms with Crippen LogP contribution in [0.5, 0.6) is 0 Å². The van der Waals surface area contributed by atoms with Crippen LogP contribution in [0, 0.1) is 0 Å². The van der Waals surface area contributed by atoms with Gasteiger partial charge in [0.2, 0.25) is 0 Å². The molecule has 1 fully saturated rings. The van der Waals surface area contributed by atoms with Crippen LogP contribution >= 0.6 is 0 Å². The number of hydrogen-bond donors (Lipinski definition) is 2. The summed E-state index contributed by atoms with van der Waals surface area (Å²) in [6, 6.07) is 0. The first-order chi connectivity index (χ1) is 7.08. The lowest BCUT2D eigenvalue weighted by Crippen LogP contribution is -2.41. The third-order valence-electron chi connectivity index (χ3n) is 2.65. The third-order valence-corrected chi connectivity index (χ3v) is 2.65. The predicted molar refractivity (Wildman–Crippen MR) is 58.8 cm³/mol. The largest absolute Gasteiger partial charge is 0.393 e. The Balaban J connectivity index is 2.12. The van der Waals surface area contributed by atoms with E-state index in [1.165, 1.54) is 0 Å². The minimum Gasteiger partial charge on any atom is -0.393 e. The molecule has 1 rings (SSSR count). The summed E-state index contributed by atoms with van der Waals surface area (Å²) >= 11 is 0. The maximum atomic E-state index is 9.69. The van der Waals surface area contributed by atoms with Crippen LogP contribution in [0.4, 0.5) is 0 Å². The molecule has 4 heteroatoms. The first kappa shape index (κ1) is 12.9. The Morgan fingerprint density at radius 1 is 1.33 bits per heavy atom. The van der Waals surface area contributed by atoms with Crippen molar-refractivity contribution in [3.63, 3.8) is 0 Å². The fourth-order valence-corrected chi connectivity index (χ4v) is 1.76. The van der Waals surface area contributed by atoms with Crippen LogP contribution in [0.15, 0.2) is 0 Å². The second-order valence-corrected chi connectivity index (χ2v) is 4.57. The maximum absolute atomic E-state index is 9.69. The normalized spacial score (nSPS) is 22.2. The molecule has 15 heavy (non-hydrogen) atoms. The fraction of sp³-hybridized carbons (Fsp3) is 1.00. The van der Waals surface area contributed by atoms with Gasteiger partial charge >= 0.3 is 0 Å². The van der Waals surface area contributed by atoms with E-state index in [1.807, 2.05) is 13.8 Å². The monoisotopic (exact) mass is 217 g/mol. The van der Waals surface area contributed by atoms with E-state index in [2.05, 4.69) is 4.90 Å². The number of likely N-dealkylation sites (tertiary alicyclic amines) is 1. The molecule has 1 unspecified atom stereocenters. The highest BCUT2D eigenvalue weighted by Gasteiger charge is 2.19. The zero-order chi connectivity index (χ0) is 11.3. The maximum Gasteiger partial charge on any atom is 0.0900 e. The van der Waals surface area contributed by atoms with E-state index in [9.17, 15) is 10.2 Å². The zero-order valence-electron chi connectivity index (χ0n) is 9.72. The van der Waals surface area contributed by atoms with E-state index in [4.69, 9.17) is 4.74 Å². The lowest BCUT2D eigenvalue weighted by molar-refractivity contribution is -0.0169. The minimum atomic E-state index is -0.414. The predicted octanol–water partition coefficient (Wildman–Crippen LogP) is 0.229. The molecule has 1 aliphatic heterocycles. The van der Waals surface area contributed by atoms with Crippen molar-refractivity contribution in [3.8, 4) is 0 Å². The molecule has 0 aromatic carbocycles. The summed E-state index contributed by atoms with van der Waals surface area (Å²) in [4.78, 5) is 2.18. The van der Waals surface area contributed by atoms with Crippen molar-refractivity contribution in [3.05, 3.63) is 0 Å². The topological polar surface area (TPSA) is 52.9 Å². The molecule has 1 atom stereocenters. The Bertz CT molecular complexity index is 167. The average molecular weight is 217 g/mol. The summed E-state index contributed by atoms with van der Waals surface area (Å²) < 4.78 is 5.34. The Kier molecular flexibility index (Phi) is 5.53. The summed E-state index contributed by atoms with van der Waals surface area (Å²) in [7, 11) is 0. The Morgan fingerprint density at radius 2 is 1.93 bits per heavy atom. The molecular weight excluding hydrogens is 194 g/mol. The second-order valence-electron chi connectivity index (χ2n) is 4.57. The van der Waals surface area contributed by atoms with Crippen LogP contribution in [-0.4, -0.2) is 59.7 Å². The number of β-amino-alcohol motifs (C(OH)–C–C–N with tert-alkyl or cyclic N) is 1. The molecule has 0 aromatic heterocycles. The van der Waals surface area contributed by atoms with Crippen molar-refractivity contribution >= 4 is 0 Å². The molecular formula is C11H23NO3. The smallest absolute Gasteiger partial charge is 0.0900 e. The van der Waals surface area contributed by atoms with E-state index in [0.29, 0.717) is 13.2 Å². The highest BCUT2D eigenvalue weighted by atomic mass is 16.5. The summed E-state index contributed by atoms with van der Waals surface area (Å²) in [6.07, 6.45) is 1.24. The van der Waals surface area contributed by atoms with Gasteiger partial charge in [-0.05, 0) is 26.7 Å². The number of aliphatic hydroxyl groups excluding tert-OH is 2. The Labute approximate surface area is 91.8 Å². The van der Waals surface area contributed by atoms with Gasteiger partial charge in [0.25, 0.3) is 0 Å². The summed E-state index contributed by atoms with van der Waals surface area (Å²) in [5.41, 5.74) is 0. The number of nitrogens with zero attached hydrogens (tertiary/aromatic N) is 1. The molecule has 4 nitrogen and oxygen atoms in total. The van der Waals surface area contributed by atoms with E-state index >= 15 is 0 Å². The lowest BCUT2D eigenvalue weighted by Gasteiger charge is -2.31. The van der Waals surface area contributed by atoms with Gasteiger partial charge in [-0.2, -0.15) is 0 Å². The highest BCUT2D eigenvalue weighted by Crippen LogP contribution is 2.10. The quantitative estimate of drug-likeness (QED) is 0.692. The first-order valence-corrected chi connectivity index (χ1v) is 5.78. The fourth-order valence-electron chi connectivity index (χ4n) is 1.76. The number of piperidine rings is 1. The van der Waals surface area contributed by atoms with Crippen molar-refractivity contribution in [1.29, 1.82) is 0 Å². The van der Waals surface area contributed by atoms with Crippen molar-refractivity contribution in [2.24, 2.45) is 0 Å². The van der Waals surface area contributed by atoms with E-state index in [-0.39, 0.29) is 12.2 Å². The molecule has 0 radical (unpaired) electrons. The van der Waals surface area contributed by atoms with Crippen LogP contribution in [0.1, 0.15) is 26.7 Å². The number of hydrogen-bond acceptors (Lipinski definition) is 4. The molecule has 2 N–H and O–H groups in total. The average Bonchev–Trinajstić information content (AvgIpc) is 2.19. The first-order valence-electron chi connectivity index (χ1n) is 5.78. The SMILES string of the molecule is CC(C)OCC(O)CN1CCC(O)CC1. The van der Waals surface area contributed by atoms with Crippen LogP contribution in [0.25, 0.3) is 0 Å². The van der Waals surface area contributed by atoms with Gasteiger partial charge in [0.05, 0.1) is 24.9 Å². The summed E-state index contributed by atoms with van der Waals surface area (Å²) in [5, 5.41) is 19.0. The molecule has 1 heterocycles. The van der Waals surface area contributed by atoms with Crippen LogP contribution in [-0.2, 0) is 4.74 Å². The third kappa shape index (κ3) is 5.47. The van der Waals surface area contributed by atoms with Gasteiger partial charge < -0.3 is 19.8 Å². The summed E-state index contributed by atoms with van der Waals surface area (Å²) in [5.74, 6) is 0. The molecule has 0 spiro atoms. The highest BCUT2D eigenvalue weighted by molar-refractivity contribution is 4.73. The molecule has 0 bridgehead atoms. The summed E-state index contributed by atoms with van der Waals surface area (Å²) in [6.45, 7) is 6.73. The van der Waals surface area contributed by atoms with Crippen molar-refractivity contribution in [2.45, 2.75) is 45.0 Å². The number of ether oxygens (including phenoxy) is 1. The van der Waals surface area contributed by atoms with Crippen LogP contribution in [0.2, 0.25) is 0 Å². The zero-order valence-corrected chi connectivity index (χ0v) is 9.72. The molecule has 90 valence electrons. The van der Waals surface area contributed by atoms with Gasteiger partial charge in [-0.15, -0.1) is 0 Å². The van der Waals surface area contributed by atoms with Gasteiger partial charge in [0.15, 0.2) is 0 Å².